The molecule has 0 aliphatic heterocycles. The molecule has 1 rings (SSSR count). The van der Waals surface area contributed by atoms with Crippen molar-refractivity contribution in [1.29, 1.82) is 0 Å². The molecule has 0 aliphatic rings. The molecule has 1 unspecified atom stereocenters. The first-order chi connectivity index (χ1) is 8.65. The van der Waals surface area contributed by atoms with Crippen LogP contribution in [-0.4, -0.2) is 25.1 Å². The lowest BCUT2D eigenvalue weighted by molar-refractivity contribution is -0.121. The zero-order valence-electron chi connectivity index (χ0n) is 11.1. The summed E-state index contributed by atoms with van der Waals surface area (Å²) in [6, 6.07) is 7.88. The Kier molecular flexibility index (Phi) is 6.22. The zero-order chi connectivity index (χ0) is 13.4. The SMILES string of the molecule is CCOc1ccc(CCC(=O)NC(C)CN)cc1. The second-order valence-electron chi connectivity index (χ2n) is 4.28. The van der Waals surface area contributed by atoms with Crippen molar-refractivity contribution in [2.24, 2.45) is 5.73 Å². The van der Waals surface area contributed by atoms with Gasteiger partial charge >= 0.3 is 0 Å². The fourth-order valence-corrected chi connectivity index (χ4v) is 1.58. The number of amides is 1. The second kappa shape index (κ2) is 7.71. The van der Waals surface area contributed by atoms with Crippen molar-refractivity contribution in [2.45, 2.75) is 32.7 Å². The van der Waals surface area contributed by atoms with E-state index in [0.717, 1.165) is 17.7 Å². The maximum atomic E-state index is 11.6. The topological polar surface area (TPSA) is 64.3 Å². The van der Waals surface area contributed by atoms with Gasteiger partial charge in [-0.05, 0) is 38.0 Å². The molecule has 1 amide bonds. The number of hydrogen-bond donors (Lipinski definition) is 2. The third-order valence-electron chi connectivity index (χ3n) is 2.64. The highest BCUT2D eigenvalue weighted by Crippen LogP contribution is 2.13. The van der Waals surface area contributed by atoms with Crippen LogP contribution >= 0.6 is 0 Å². The molecule has 100 valence electrons. The smallest absolute Gasteiger partial charge is 0.220 e. The van der Waals surface area contributed by atoms with Crippen molar-refractivity contribution in [1.82, 2.24) is 5.32 Å². The van der Waals surface area contributed by atoms with Crippen LogP contribution in [0.25, 0.3) is 0 Å². The van der Waals surface area contributed by atoms with E-state index < -0.39 is 0 Å². The fourth-order valence-electron chi connectivity index (χ4n) is 1.58. The van der Waals surface area contributed by atoms with Crippen LogP contribution < -0.4 is 15.8 Å². The largest absolute Gasteiger partial charge is 0.494 e. The van der Waals surface area contributed by atoms with Crippen molar-refractivity contribution in [3.63, 3.8) is 0 Å². The van der Waals surface area contributed by atoms with E-state index in [1.54, 1.807) is 0 Å². The van der Waals surface area contributed by atoms with Gasteiger partial charge in [-0.15, -0.1) is 0 Å². The van der Waals surface area contributed by atoms with E-state index in [0.29, 0.717) is 19.6 Å². The summed E-state index contributed by atoms with van der Waals surface area (Å²) < 4.78 is 5.36. The van der Waals surface area contributed by atoms with Crippen molar-refractivity contribution in [2.75, 3.05) is 13.2 Å². The van der Waals surface area contributed by atoms with E-state index in [1.807, 2.05) is 38.1 Å². The summed E-state index contributed by atoms with van der Waals surface area (Å²) in [6.07, 6.45) is 1.22. The van der Waals surface area contributed by atoms with Crippen LogP contribution in [0.4, 0.5) is 0 Å². The highest BCUT2D eigenvalue weighted by atomic mass is 16.5. The Hall–Kier alpha value is -1.55. The molecular weight excluding hydrogens is 228 g/mol. The highest BCUT2D eigenvalue weighted by Gasteiger charge is 2.05. The van der Waals surface area contributed by atoms with Gasteiger partial charge in [0, 0.05) is 19.0 Å². The van der Waals surface area contributed by atoms with Crippen LogP contribution in [0.15, 0.2) is 24.3 Å². The first kappa shape index (κ1) is 14.5. The van der Waals surface area contributed by atoms with E-state index >= 15 is 0 Å². The lowest BCUT2D eigenvalue weighted by Crippen LogP contribution is -2.37. The lowest BCUT2D eigenvalue weighted by atomic mass is 10.1. The predicted molar refractivity (Wildman–Crippen MR) is 72.6 cm³/mol. The molecule has 0 saturated heterocycles. The van der Waals surface area contributed by atoms with Crippen LogP contribution in [0.1, 0.15) is 25.8 Å². The Balaban J connectivity index is 2.36. The number of nitrogens with two attached hydrogens (primary N) is 1. The summed E-state index contributed by atoms with van der Waals surface area (Å²) in [5.41, 5.74) is 6.58. The predicted octanol–water partition coefficient (Wildman–Crippen LogP) is 1.48. The number of carbonyl (C=O) groups is 1. The van der Waals surface area contributed by atoms with Gasteiger partial charge in [-0.3, -0.25) is 4.79 Å². The molecule has 3 N–H and O–H groups in total. The Morgan fingerprint density at radius 2 is 2.06 bits per heavy atom. The van der Waals surface area contributed by atoms with E-state index in [9.17, 15) is 4.79 Å². The van der Waals surface area contributed by atoms with Crippen LogP contribution in [0.2, 0.25) is 0 Å². The minimum Gasteiger partial charge on any atom is -0.494 e. The molecular formula is C14H22N2O2. The number of nitrogens with one attached hydrogen (secondary N) is 1. The van der Waals surface area contributed by atoms with Gasteiger partial charge in [-0.2, -0.15) is 0 Å². The van der Waals surface area contributed by atoms with Gasteiger partial charge in [0.2, 0.25) is 5.91 Å². The molecule has 1 atom stereocenters. The summed E-state index contributed by atoms with van der Waals surface area (Å²) in [6.45, 7) is 4.99. The number of carbonyl (C=O) groups excluding carboxylic acids is 1. The molecule has 1 aromatic rings. The maximum absolute atomic E-state index is 11.6. The van der Waals surface area contributed by atoms with Gasteiger partial charge < -0.3 is 15.8 Å². The normalized spacial score (nSPS) is 11.9. The fraction of sp³-hybridized carbons (Fsp3) is 0.500. The maximum Gasteiger partial charge on any atom is 0.220 e. The third-order valence-corrected chi connectivity index (χ3v) is 2.64. The van der Waals surface area contributed by atoms with Gasteiger partial charge in [-0.25, -0.2) is 0 Å². The van der Waals surface area contributed by atoms with E-state index in [-0.39, 0.29) is 11.9 Å². The number of rotatable bonds is 7. The van der Waals surface area contributed by atoms with E-state index in [1.165, 1.54) is 0 Å². The number of hydrogen-bond acceptors (Lipinski definition) is 3. The molecule has 0 spiro atoms. The molecule has 0 aromatic heterocycles. The van der Waals surface area contributed by atoms with Crippen molar-refractivity contribution >= 4 is 5.91 Å². The summed E-state index contributed by atoms with van der Waals surface area (Å²) in [4.78, 5) is 11.6. The molecule has 1 aromatic carbocycles. The molecule has 18 heavy (non-hydrogen) atoms. The minimum atomic E-state index is 0.0397. The summed E-state index contributed by atoms with van der Waals surface area (Å²) in [5.74, 6) is 0.907. The number of aryl methyl sites for hydroxylation is 1. The summed E-state index contributed by atoms with van der Waals surface area (Å²) in [7, 11) is 0. The lowest BCUT2D eigenvalue weighted by Gasteiger charge is -2.11. The summed E-state index contributed by atoms with van der Waals surface area (Å²) >= 11 is 0. The first-order valence-electron chi connectivity index (χ1n) is 6.37. The summed E-state index contributed by atoms with van der Waals surface area (Å²) in [5, 5.41) is 2.84. The Morgan fingerprint density at radius 3 is 2.61 bits per heavy atom. The average Bonchev–Trinajstić information content (AvgIpc) is 2.38. The Bertz CT molecular complexity index is 363. The molecule has 4 nitrogen and oxygen atoms in total. The highest BCUT2D eigenvalue weighted by molar-refractivity contribution is 5.76. The van der Waals surface area contributed by atoms with Crippen LogP contribution in [0.5, 0.6) is 5.75 Å². The van der Waals surface area contributed by atoms with Crippen molar-refractivity contribution in [3.8, 4) is 5.75 Å². The zero-order valence-corrected chi connectivity index (χ0v) is 11.1. The Morgan fingerprint density at radius 1 is 1.39 bits per heavy atom. The monoisotopic (exact) mass is 250 g/mol. The van der Waals surface area contributed by atoms with Crippen LogP contribution in [0, 0.1) is 0 Å². The molecule has 0 bridgehead atoms. The molecule has 0 aliphatic carbocycles. The van der Waals surface area contributed by atoms with Crippen LogP contribution in [-0.2, 0) is 11.2 Å². The molecule has 0 saturated carbocycles. The van der Waals surface area contributed by atoms with Gasteiger partial charge in [-0.1, -0.05) is 12.1 Å². The van der Waals surface area contributed by atoms with Crippen molar-refractivity contribution in [3.05, 3.63) is 29.8 Å². The van der Waals surface area contributed by atoms with Crippen LogP contribution in [0.3, 0.4) is 0 Å². The first-order valence-corrected chi connectivity index (χ1v) is 6.37. The average molecular weight is 250 g/mol. The van der Waals surface area contributed by atoms with E-state index in [4.69, 9.17) is 10.5 Å². The van der Waals surface area contributed by atoms with Gasteiger partial charge in [0.15, 0.2) is 0 Å². The molecule has 4 heteroatoms. The number of benzene rings is 1. The Labute approximate surface area is 109 Å². The second-order valence-corrected chi connectivity index (χ2v) is 4.28. The molecule has 0 fully saturated rings. The standard InChI is InChI=1S/C14H22N2O2/c1-3-18-13-7-4-12(5-8-13)6-9-14(17)16-11(2)10-15/h4-5,7-8,11H,3,6,9-10,15H2,1-2H3,(H,16,17). The van der Waals surface area contributed by atoms with E-state index in [2.05, 4.69) is 5.32 Å². The third kappa shape index (κ3) is 5.19. The van der Waals surface area contributed by atoms with Gasteiger partial charge in [0.1, 0.15) is 5.75 Å². The minimum absolute atomic E-state index is 0.0397. The molecule has 0 heterocycles. The number of ether oxygens (including phenoxy) is 1. The quantitative estimate of drug-likeness (QED) is 0.770. The van der Waals surface area contributed by atoms with Gasteiger partial charge in [0.05, 0.1) is 6.61 Å². The van der Waals surface area contributed by atoms with Crippen molar-refractivity contribution < 1.29 is 9.53 Å². The van der Waals surface area contributed by atoms with Gasteiger partial charge in [0.25, 0.3) is 0 Å². The molecule has 0 radical (unpaired) electrons.